The van der Waals surface area contributed by atoms with Crippen LogP contribution in [0.4, 0.5) is 11.4 Å². The molecule has 3 rings (SSSR count). The van der Waals surface area contributed by atoms with E-state index in [-0.39, 0.29) is 11.0 Å². The third kappa shape index (κ3) is 3.71. The molecule has 1 heterocycles. The topological polar surface area (TPSA) is 70.8 Å². The van der Waals surface area contributed by atoms with Crippen molar-refractivity contribution in [3.05, 3.63) is 63.8 Å². The zero-order valence-electron chi connectivity index (χ0n) is 15.5. The lowest BCUT2D eigenvalue weighted by atomic mass is 10.1. The molecule has 6 heteroatoms. The predicted octanol–water partition coefficient (Wildman–Crippen LogP) is 5.07. The first kappa shape index (κ1) is 19.0. The van der Waals surface area contributed by atoms with Crippen molar-refractivity contribution < 1.29 is 14.3 Å². The number of carboxylic acid groups (broad SMARTS) is 1. The summed E-state index contributed by atoms with van der Waals surface area (Å²) in [6.45, 7) is 6.37. The van der Waals surface area contributed by atoms with Gasteiger partial charge in [0, 0.05) is 12.6 Å². The van der Waals surface area contributed by atoms with Crippen LogP contribution in [0.15, 0.2) is 56.8 Å². The van der Waals surface area contributed by atoms with Crippen LogP contribution in [0.25, 0.3) is 11.0 Å². The minimum absolute atomic E-state index is 0.0975. The summed E-state index contributed by atoms with van der Waals surface area (Å²) < 4.78 is 6.05. The molecular formula is C21H21NO4S. The minimum Gasteiger partial charge on any atom is -0.478 e. The first-order chi connectivity index (χ1) is 13.0. The zero-order chi connectivity index (χ0) is 19.6. The van der Waals surface area contributed by atoms with Gasteiger partial charge in [0.25, 0.3) is 0 Å². The quantitative estimate of drug-likeness (QED) is 0.599. The Morgan fingerprint density at radius 1 is 1.15 bits per heavy atom. The smallest absolute Gasteiger partial charge is 0.337 e. The monoisotopic (exact) mass is 383 g/mol. The molecule has 0 fully saturated rings. The molecule has 0 saturated carbocycles. The maximum Gasteiger partial charge on any atom is 0.337 e. The first-order valence-electron chi connectivity index (χ1n) is 8.77. The van der Waals surface area contributed by atoms with Gasteiger partial charge in [0.1, 0.15) is 0 Å². The normalized spacial score (nSPS) is 10.9. The van der Waals surface area contributed by atoms with Gasteiger partial charge in [0.2, 0.25) is 0 Å². The average molecular weight is 383 g/mol. The molecule has 27 heavy (non-hydrogen) atoms. The maximum atomic E-state index is 12.6. The summed E-state index contributed by atoms with van der Waals surface area (Å²) in [5.41, 5.74) is 2.75. The predicted molar refractivity (Wildman–Crippen MR) is 110 cm³/mol. The van der Waals surface area contributed by atoms with Crippen LogP contribution in [0.2, 0.25) is 0 Å². The van der Waals surface area contributed by atoms with Gasteiger partial charge in [-0.05, 0) is 49.4 Å². The summed E-state index contributed by atoms with van der Waals surface area (Å²) in [6.07, 6.45) is 0. The maximum absolute atomic E-state index is 12.6. The van der Waals surface area contributed by atoms with Crippen LogP contribution in [0.5, 0.6) is 0 Å². The molecule has 0 atom stereocenters. The fraction of sp³-hybridized carbons (Fsp3) is 0.238. The van der Waals surface area contributed by atoms with Crippen LogP contribution in [0.3, 0.4) is 0 Å². The number of carboxylic acids is 1. The van der Waals surface area contributed by atoms with E-state index in [4.69, 9.17) is 4.42 Å². The second kappa shape index (κ2) is 7.88. The van der Waals surface area contributed by atoms with Gasteiger partial charge in [-0.25, -0.2) is 4.79 Å². The van der Waals surface area contributed by atoms with Crippen molar-refractivity contribution in [3.8, 4) is 0 Å². The summed E-state index contributed by atoms with van der Waals surface area (Å²) in [5, 5.41) is 10.6. The van der Waals surface area contributed by atoms with Crippen LogP contribution >= 0.6 is 11.8 Å². The molecule has 0 saturated heterocycles. The van der Waals surface area contributed by atoms with E-state index in [1.165, 1.54) is 17.8 Å². The van der Waals surface area contributed by atoms with Gasteiger partial charge < -0.3 is 14.4 Å². The number of thioether (sulfide) groups is 1. The van der Waals surface area contributed by atoms with E-state index in [1.54, 1.807) is 24.3 Å². The van der Waals surface area contributed by atoms with Crippen molar-refractivity contribution in [2.75, 3.05) is 17.2 Å². The van der Waals surface area contributed by atoms with Gasteiger partial charge in [-0.15, -0.1) is 0 Å². The molecule has 0 radical (unpaired) electrons. The Kier molecular flexibility index (Phi) is 5.56. The van der Waals surface area contributed by atoms with Crippen molar-refractivity contribution in [1.29, 1.82) is 0 Å². The van der Waals surface area contributed by atoms with Gasteiger partial charge in [-0.3, -0.25) is 4.79 Å². The van der Waals surface area contributed by atoms with E-state index in [9.17, 15) is 14.7 Å². The van der Waals surface area contributed by atoms with Crippen molar-refractivity contribution >= 4 is 40.1 Å². The lowest BCUT2D eigenvalue weighted by Crippen LogP contribution is -2.20. The molecule has 0 amide bonds. The highest BCUT2D eigenvalue weighted by Crippen LogP contribution is 2.35. The molecule has 0 unspecified atom stereocenters. The molecule has 0 aliphatic heterocycles. The SMILES string of the molecule is CCSc1cc(=O)c2cc(C)cc(N(CC)c3ccccc3C(=O)O)c2o1. The van der Waals surface area contributed by atoms with E-state index < -0.39 is 5.97 Å². The Labute approximate surface area is 161 Å². The molecule has 1 aromatic heterocycles. The van der Waals surface area contributed by atoms with Gasteiger partial charge >= 0.3 is 5.97 Å². The van der Waals surface area contributed by atoms with Gasteiger partial charge in [-0.2, -0.15) is 0 Å². The Morgan fingerprint density at radius 3 is 2.56 bits per heavy atom. The van der Waals surface area contributed by atoms with Crippen LogP contribution in [0.1, 0.15) is 29.8 Å². The molecule has 1 N–H and O–H groups in total. The number of benzene rings is 2. The van der Waals surface area contributed by atoms with E-state index >= 15 is 0 Å². The number of anilines is 2. The van der Waals surface area contributed by atoms with Crippen LogP contribution in [0, 0.1) is 6.92 Å². The van der Waals surface area contributed by atoms with Crippen molar-refractivity contribution in [1.82, 2.24) is 0 Å². The molecule has 3 aromatic rings. The van der Waals surface area contributed by atoms with Crippen LogP contribution in [-0.2, 0) is 0 Å². The number of hydrogen-bond donors (Lipinski definition) is 1. The number of aromatic carboxylic acids is 1. The van der Waals surface area contributed by atoms with E-state index in [0.717, 1.165) is 11.3 Å². The average Bonchev–Trinajstić information content (AvgIpc) is 2.64. The Morgan fingerprint density at radius 2 is 1.89 bits per heavy atom. The van der Waals surface area contributed by atoms with E-state index in [2.05, 4.69) is 0 Å². The number of fused-ring (bicyclic) bond motifs is 1. The number of rotatable bonds is 6. The molecule has 0 aliphatic rings. The highest BCUT2D eigenvalue weighted by molar-refractivity contribution is 7.99. The Hall–Kier alpha value is -2.73. The molecular weight excluding hydrogens is 362 g/mol. The fourth-order valence-electron chi connectivity index (χ4n) is 3.13. The lowest BCUT2D eigenvalue weighted by Gasteiger charge is -2.26. The van der Waals surface area contributed by atoms with E-state index in [1.807, 2.05) is 37.8 Å². The Balaban J connectivity index is 2.31. The summed E-state index contributed by atoms with van der Waals surface area (Å²) in [6, 6.07) is 12.1. The number of para-hydroxylation sites is 1. The highest BCUT2D eigenvalue weighted by Gasteiger charge is 2.20. The lowest BCUT2D eigenvalue weighted by molar-refractivity contribution is 0.0697. The largest absolute Gasteiger partial charge is 0.478 e. The second-order valence-corrected chi connectivity index (χ2v) is 7.36. The first-order valence-corrected chi connectivity index (χ1v) is 9.76. The van der Waals surface area contributed by atoms with E-state index in [0.29, 0.717) is 34.0 Å². The summed E-state index contributed by atoms with van der Waals surface area (Å²) in [7, 11) is 0. The second-order valence-electron chi connectivity index (χ2n) is 6.09. The number of hydrogen-bond acceptors (Lipinski definition) is 5. The third-order valence-electron chi connectivity index (χ3n) is 4.25. The molecule has 0 aliphatic carbocycles. The Bertz CT molecular complexity index is 1060. The molecule has 140 valence electrons. The van der Waals surface area contributed by atoms with Gasteiger partial charge in [-0.1, -0.05) is 30.8 Å². The van der Waals surface area contributed by atoms with Crippen molar-refractivity contribution in [2.45, 2.75) is 25.9 Å². The molecule has 2 aromatic carbocycles. The summed E-state index contributed by atoms with van der Waals surface area (Å²) in [4.78, 5) is 26.2. The van der Waals surface area contributed by atoms with Gasteiger partial charge in [0.15, 0.2) is 16.1 Å². The summed E-state index contributed by atoms with van der Waals surface area (Å²) in [5.74, 6) is -0.209. The van der Waals surface area contributed by atoms with Crippen LogP contribution in [-0.4, -0.2) is 23.4 Å². The number of nitrogens with zero attached hydrogens (tertiary/aromatic N) is 1. The summed E-state index contributed by atoms with van der Waals surface area (Å²) >= 11 is 1.46. The molecule has 0 bridgehead atoms. The third-order valence-corrected chi connectivity index (χ3v) is 5.02. The molecule has 0 spiro atoms. The minimum atomic E-state index is -0.996. The standard InChI is InChI=1S/C21H21NO4S/c1-4-22(16-9-7-6-8-14(16)21(24)25)17-11-13(3)10-15-18(23)12-19(27-5-2)26-20(15)17/h6-12H,4-5H2,1-3H3,(H,24,25). The van der Waals surface area contributed by atoms with Crippen molar-refractivity contribution in [3.63, 3.8) is 0 Å². The number of aryl methyl sites for hydroxylation is 1. The fourth-order valence-corrected chi connectivity index (χ4v) is 3.75. The highest BCUT2D eigenvalue weighted by atomic mass is 32.2. The molecule has 5 nitrogen and oxygen atoms in total. The van der Waals surface area contributed by atoms with Gasteiger partial charge in [0.05, 0.1) is 22.3 Å². The van der Waals surface area contributed by atoms with Crippen molar-refractivity contribution in [2.24, 2.45) is 0 Å². The number of carbonyl (C=O) groups is 1. The van der Waals surface area contributed by atoms with Crippen LogP contribution < -0.4 is 10.3 Å². The zero-order valence-corrected chi connectivity index (χ0v) is 16.3.